The Kier molecular flexibility index (Phi) is 4.77. The van der Waals surface area contributed by atoms with Crippen molar-refractivity contribution in [2.24, 2.45) is 0 Å². The minimum Gasteiger partial charge on any atom is -0.331 e. The first kappa shape index (κ1) is 11.3. The van der Waals surface area contributed by atoms with Crippen molar-refractivity contribution in [3.8, 4) is 0 Å². The van der Waals surface area contributed by atoms with E-state index in [1.54, 1.807) is 4.90 Å². The molecule has 1 fully saturated rings. The smallest absolute Gasteiger partial charge is 0.319 e. The first-order chi connectivity index (χ1) is 6.72. The monoisotopic (exact) mass is 198 g/mol. The molecule has 1 rings (SSSR count). The Balaban J connectivity index is 2.43. The Labute approximate surface area is 87.1 Å². The van der Waals surface area contributed by atoms with Gasteiger partial charge in [0.2, 0.25) is 0 Å². The normalized spacial score (nSPS) is 19.4. The van der Waals surface area contributed by atoms with Gasteiger partial charge in [-0.3, -0.25) is 0 Å². The molecule has 1 saturated heterocycles. The van der Waals surface area contributed by atoms with Crippen LogP contribution in [0.4, 0.5) is 4.79 Å². The second-order valence-corrected chi connectivity index (χ2v) is 4.29. The van der Waals surface area contributed by atoms with Crippen molar-refractivity contribution >= 4 is 6.03 Å². The lowest BCUT2D eigenvalue weighted by Gasteiger charge is -2.25. The zero-order valence-electron chi connectivity index (χ0n) is 9.46. The molecule has 1 aliphatic heterocycles. The zero-order valence-corrected chi connectivity index (χ0v) is 9.46. The van der Waals surface area contributed by atoms with E-state index in [0.29, 0.717) is 0 Å². The molecular weight excluding hydrogens is 176 g/mol. The van der Waals surface area contributed by atoms with E-state index >= 15 is 0 Å². The van der Waals surface area contributed by atoms with E-state index in [1.165, 1.54) is 38.5 Å². The molecule has 0 N–H and O–H groups in total. The molecule has 0 unspecified atom stereocenters. The lowest BCUT2D eigenvalue weighted by Crippen LogP contribution is -2.40. The van der Waals surface area contributed by atoms with Crippen molar-refractivity contribution in [3.05, 3.63) is 0 Å². The second kappa shape index (κ2) is 5.89. The van der Waals surface area contributed by atoms with Crippen molar-refractivity contribution in [1.29, 1.82) is 0 Å². The summed E-state index contributed by atoms with van der Waals surface area (Å²) in [6.45, 7) is 1.88. The molecular formula is C11H22N2O. The minimum atomic E-state index is 0.173. The SMILES string of the molecule is CN(C)C(=O)N1CCCCCCCC1. The van der Waals surface area contributed by atoms with E-state index in [2.05, 4.69) is 0 Å². The van der Waals surface area contributed by atoms with Crippen LogP contribution in [-0.2, 0) is 0 Å². The highest BCUT2D eigenvalue weighted by atomic mass is 16.2. The molecule has 14 heavy (non-hydrogen) atoms. The summed E-state index contributed by atoms with van der Waals surface area (Å²) in [5.41, 5.74) is 0. The van der Waals surface area contributed by atoms with Gasteiger partial charge in [0, 0.05) is 27.2 Å². The number of amides is 2. The largest absolute Gasteiger partial charge is 0.331 e. The molecule has 1 heterocycles. The molecule has 82 valence electrons. The fourth-order valence-corrected chi connectivity index (χ4v) is 1.90. The molecule has 0 saturated carbocycles. The molecule has 0 aromatic heterocycles. The summed E-state index contributed by atoms with van der Waals surface area (Å²) in [6, 6.07) is 0.173. The van der Waals surface area contributed by atoms with Crippen LogP contribution in [-0.4, -0.2) is 43.0 Å². The topological polar surface area (TPSA) is 23.6 Å². The van der Waals surface area contributed by atoms with E-state index in [9.17, 15) is 4.79 Å². The maximum absolute atomic E-state index is 11.7. The lowest BCUT2D eigenvalue weighted by atomic mass is 10.1. The van der Waals surface area contributed by atoms with Gasteiger partial charge in [-0.15, -0.1) is 0 Å². The van der Waals surface area contributed by atoms with Crippen molar-refractivity contribution in [3.63, 3.8) is 0 Å². The molecule has 0 bridgehead atoms. The van der Waals surface area contributed by atoms with Crippen LogP contribution in [0.5, 0.6) is 0 Å². The highest BCUT2D eigenvalue weighted by molar-refractivity contribution is 5.73. The summed E-state index contributed by atoms with van der Waals surface area (Å²) in [4.78, 5) is 15.4. The number of rotatable bonds is 0. The average molecular weight is 198 g/mol. The van der Waals surface area contributed by atoms with Crippen LogP contribution in [0.2, 0.25) is 0 Å². The third-order valence-corrected chi connectivity index (χ3v) is 2.76. The van der Waals surface area contributed by atoms with Gasteiger partial charge in [0.1, 0.15) is 0 Å². The van der Waals surface area contributed by atoms with Crippen LogP contribution >= 0.6 is 0 Å². The highest BCUT2D eigenvalue weighted by Gasteiger charge is 2.15. The van der Waals surface area contributed by atoms with Crippen molar-refractivity contribution in [2.45, 2.75) is 38.5 Å². The predicted molar refractivity (Wildman–Crippen MR) is 58.4 cm³/mol. The van der Waals surface area contributed by atoms with Gasteiger partial charge in [-0.1, -0.05) is 25.7 Å². The number of hydrogen-bond donors (Lipinski definition) is 0. The average Bonchev–Trinajstić information content (AvgIpc) is 2.29. The van der Waals surface area contributed by atoms with Gasteiger partial charge in [-0.2, -0.15) is 0 Å². The van der Waals surface area contributed by atoms with Gasteiger partial charge in [0.05, 0.1) is 0 Å². The number of hydrogen-bond acceptors (Lipinski definition) is 1. The summed E-state index contributed by atoms with van der Waals surface area (Å²) < 4.78 is 0. The molecule has 2 amide bonds. The molecule has 0 atom stereocenters. The zero-order chi connectivity index (χ0) is 10.4. The predicted octanol–water partition coefficient (Wildman–Crippen LogP) is 2.32. The quantitative estimate of drug-likeness (QED) is 0.586. The molecule has 0 aliphatic carbocycles. The third kappa shape index (κ3) is 3.56. The summed E-state index contributed by atoms with van der Waals surface area (Å²) >= 11 is 0. The summed E-state index contributed by atoms with van der Waals surface area (Å²) in [6.07, 6.45) is 7.56. The maximum Gasteiger partial charge on any atom is 0.319 e. The van der Waals surface area contributed by atoms with Crippen molar-refractivity contribution in [1.82, 2.24) is 9.80 Å². The number of nitrogens with zero attached hydrogens (tertiary/aromatic N) is 2. The van der Waals surface area contributed by atoms with Crippen LogP contribution < -0.4 is 0 Å². The molecule has 3 nitrogen and oxygen atoms in total. The van der Waals surface area contributed by atoms with Crippen LogP contribution in [0.15, 0.2) is 0 Å². The van der Waals surface area contributed by atoms with E-state index in [4.69, 9.17) is 0 Å². The molecule has 0 radical (unpaired) electrons. The molecule has 3 heteroatoms. The Hall–Kier alpha value is -0.730. The Morgan fingerprint density at radius 1 is 0.929 bits per heavy atom. The molecule has 0 aromatic rings. The molecule has 0 spiro atoms. The van der Waals surface area contributed by atoms with Gasteiger partial charge in [0.25, 0.3) is 0 Å². The molecule has 0 aromatic carbocycles. The number of urea groups is 1. The van der Waals surface area contributed by atoms with Crippen LogP contribution in [0.25, 0.3) is 0 Å². The second-order valence-electron chi connectivity index (χ2n) is 4.29. The van der Waals surface area contributed by atoms with Gasteiger partial charge in [-0.25, -0.2) is 4.79 Å². The summed E-state index contributed by atoms with van der Waals surface area (Å²) in [5, 5.41) is 0. The van der Waals surface area contributed by atoms with E-state index < -0.39 is 0 Å². The molecule has 1 aliphatic rings. The van der Waals surface area contributed by atoms with E-state index in [0.717, 1.165) is 13.1 Å². The van der Waals surface area contributed by atoms with Gasteiger partial charge < -0.3 is 9.80 Å². The standard InChI is InChI=1S/C11H22N2O/c1-12(2)11(14)13-9-7-5-3-4-6-8-10-13/h3-10H2,1-2H3. The van der Waals surface area contributed by atoms with E-state index in [-0.39, 0.29) is 6.03 Å². The van der Waals surface area contributed by atoms with Gasteiger partial charge >= 0.3 is 6.03 Å². The summed E-state index contributed by atoms with van der Waals surface area (Å²) in [5.74, 6) is 0. The Morgan fingerprint density at radius 3 is 1.79 bits per heavy atom. The first-order valence-electron chi connectivity index (χ1n) is 5.68. The van der Waals surface area contributed by atoms with Crippen molar-refractivity contribution in [2.75, 3.05) is 27.2 Å². The Morgan fingerprint density at radius 2 is 1.36 bits per heavy atom. The lowest BCUT2D eigenvalue weighted by molar-refractivity contribution is 0.170. The maximum atomic E-state index is 11.7. The summed E-state index contributed by atoms with van der Waals surface area (Å²) in [7, 11) is 3.66. The minimum absolute atomic E-state index is 0.173. The van der Waals surface area contributed by atoms with Gasteiger partial charge in [-0.05, 0) is 12.8 Å². The van der Waals surface area contributed by atoms with Crippen molar-refractivity contribution < 1.29 is 4.79 Å². The first-order valence-corrected chi connectivity index (χ1v) is 5.68. The number of carbonyl (C=O) groups is 1. The third-order valence-electron chi connectivity index (χ3n) is 2.76. The number of carbonyl (C=O) groups excluding carboxylic acids is 1. The van der Waals surface area contributed by atoms with Crippen LogP contribution in [0.1, 0.15) is 38.5 Å². The van der Waals surface area contributed by atoms with E-state index in [1.807, 2.05) is 19.0 Å². The Bertz CT molecular complexity index is 170. The van der Waals surface area contributed by atoms with Gasteiger partial charge in [0.15, 0.2) is 0 Å². The van der Waals surface area contributed by atoms with Crippen LogP contribution in [0.3, 0.4) is 0 Å². The fourth-order valence-electron chi connectivity index (χ4n) is 1.90. The fraction of sp³-hybridized carbons (Fsp3) is 0.909. The highest BCUT2D eigenvalue weighted by Crippen LogP contribution is 2.11. The van der Waals surface area contributed by atoms with Crippen LogP contribution in [0, 0.1) is 0 Å².